The molecule has 4 rings (SSSR count). The number of rotatable bonds is 4. The summed E-state index contributed by atoms with van der Waals surface area (Å²) in [6, 6.07) is 15.7. The Bertz CT molecular complexity index is 1180. The minimum absolute atomic E-state index is 0.109. The molecule has 0 amide bonds. The number of H-pyrrole nitrogens is 1. The second kappa shape index (κ2) is 7.18. The number of fused-ring (bicyclic) bond motifs is 1. The van der Waals surface area contributed by atoms with Crippen LogP contribution >= 0.6 is 22.9 Å². The molecule has 2 aromatic carbocycles. The van der Waals surface area contributed by atoms with Crippen LogP contribution in [0.4, 0.5) is 5.69 Å². The molecular formula is C21H18ClN3OS. The van der Waals surface area contributed by atoms with Gasteiger partial charge < -0.3 is 10.3 Å². The number of halogens is 1. The summed E-state index contributed by atoms with van der Waals surface area (Å²) in [6.45, 7) is 4.62. The quantitative estimate of drug-likeness (QED) is 0.477. The van der Waals surface area contributed by atoms with Crippen LogP contribution < -0.4 is 10.9 Å². The molecule has 2 aromatic heterocycles. The van der Waals surface area contributed by atoms with Gasteiger partial charge in [-0.25, -0.2) is 4.98 Å². The van der Waals surface area contributed by atoms with E-state index in [9.17, 15) is 4.79 Å². The van der Waals surface area contributed by atoms with Crippen LogP contribution in [0, 0.1) is 13.8 Å². The number of nitrogens with one attached hydrogen (secondary N) is 2. The van der Waals surface area contributed by atoms with Crippen LogP contribution in [0.25, 0.3) is 20.7 Å². The molecule has 0 unspecified atom stereocenters. The van der Waals surface area contributed by atoms with Gasteiger partial charge in [0.2, 0.25) is 0 Å². The fourth-order valence-corrected chi connectivity index (χ4v) is 3.99. The van der Waals surface area contributed by atoms with Crippen molar-refractivity contribution in [2.24, 2.45) is 0 Å². The highest BCUT2D eigenvalue weighted by Gasteiger charge is 2.10. The summed E-state index contributed by atoms with van der Waals surface area (Å²) in [7, 11) is 0. The lowest BCUT2D eigenvalue weighted by atomic mass is 10.1. The van der Waals surface area contributed by atoms with Crippen LogP contribution in [-0.2, 0) is 6.54 Å². The number of thiophene rings is 1. The van der Waals surface area contributed by atoms with Gasteiger partial charge in [-0.05, 0) is 60.9 Å². The van der Waals surface area contributed by atoms with Gasteiger partial charge in [0.25, 0.3) is 5.56 Å². The minimum atomic E-state index is -0.109. The second-order valence-corrected chi connectivity index (χ2v) is 7.99. The van der Waals surface area contributed by atoms with E-state index in [1.807, 2.05) is 36.4 Å². The molecule has 136 valence electrons. The molecule has 0 atom stereocenters. The SMILES string of the molecule is Cc1ccc(NCc2nc3cc(-c4ccc(Cl)cc4)sc3c(=O)[nH]2)cc1C. The van der Waals surface area contributed by atoms with Gasteiger partial charge in [-0.15, -0.1) is 11.3 Å². The van der Waals surface area contributed by atoms with E-state index in [4.69, 9.17) is 11.6 Å². The van der Waals surface area contributed by atoms with Crippen LogP contribution in [0.15, 0.2) is 53.3 Å². The summed E-state index contributed by atoms with van der Waals surface area (Å²) in [5.74, 6) is 0.617. The molecule has 4 aromatic rings. The minimum Gasteiger partial charge on any atom is -0.378 e. The number of hydrogen-bond donors (Lipinski definition) is 2. The van der Waals surface area contributed by atoms with E-state index >= 15 is 0 Å². The number of nitrogens with zero attached hydrogens (tertiary/aromatic N) is 1. The Morgan fingerprint density at radius 3 is 2.59 bits per heavy atom. The Morgan fingerprint density at radius 2 is 1.85 bits per heavy atom. The first-order chi connectivity index (χ1) is 13.0. The first-order valence-electron chi connectivity index (χ1n) is 8.59. The molecule has 0 aliphatic heterocycles. The Morgan fingerprint density at radius 1 is 1.07 bits per heavy atom. The molecule has 0 radical (unpaired) electrons. The maximum atomic E-state index is 12.5. The third-order valence-electron chi connectivity index (χ3n) is 4.53. The molecule has 2 heterocycles. The normalized spacial score (nSPS) is 11.1. The van der Waals surface area contributed by atoms with Crippen LogP contribution in [0.3, 0.4) is 0 Å². The van der Waals surface area contributed by atoms with E-state index < -0.39 is 0 Å². The summed E-state index contributed by atoms with van der Waals surface area (Å²) < 4.78 is 0.634. The van der Waals surface area contributed by atoms with Gasteiger partial charge in [0, 0.05) is 15.6 Å². The number of aromatic amines is 1. The average molecular weight is 396 g/mol. The highest BCUT2D eigenvalue weighted by atomic mass is 35.5. The lowest BCUT2D eigenvalue weighted by Crippen LogP contribution is -2.13. The molecule has 0 saturated heterocycles. The van der Waals surface area contributed by atoms with Crippen molar-refractivity contribution in [3.63, 3.8) is 0 Å². The van der Waals surface area contributed by atoms with E-state index in [2.05, 4.69) is 41.3 Å². The van der Waals surface area contributed by atoms with E-state index in [1.54, 1.807) is 0 Å². The van der Waals surface area contributed by atoms with E-state index in [0.29, 0.717) is 27.6 Å². The van der Waals surface area contributed by atoms with Crippen molar-refractivity contribution in [1.29, 1.82) is 0 Å². The Hall–Kier alpha value is -2.63. The fourth-order valence-electron chi connectivity index (χ4n) is 2.87. The molecule has 0 saturated carbocycles. The predicted octanol–water partition coefficient (Wildman–Crippen LogP) is 5.53. The molecule has 0 aliphatic rings. The van der Waals surface area contributed by atoms with Gasteiger partial charge in [0.05, 0.1) is 12.1 Å². The fraction of sp³-hybridized carbons (Fsp3) is 0.143. The number of aromatic nitrogens is 2. The lowest BCUT2D eigenvalue weighted by Gasteiger charge is -2.08. The maximum Gasteiger partial charge on any atom is 0.268 e. The topological polar surface area (TPSA) is 57.8 Å². The summed E-state index contributed by atoms with van der Waals surface area (Å²) in [5, 5.41) is 4.01. The molecule has 4 nitrogen and oxygen atoms in total. The van der Waals surface area contributed by atoms with Gasteiger partial charge in [0.1, 0.15) is 10.5 Å². The van der Waals surface area contributed by atoms with Crippen molar-refractivity contribution < 1.29 is 0 Å². The molecule has 6 heteroatoms. The molecule has 27 heavy (non-hydrogen) atoms. The summed E-state index contributed by atoms with van der Waals surface area (Å²) in [6.07, 6.45) is 0. The summed E-state index contributed by atoms with van der Waals surface area (Å²) in [5.41, 5.74) is 5.11. The standard InChI is InChI=1S/C21H18ClN3OS/c1-12-3-8-16(9-13(12)2)23-11-19-24-17-10-18(27-20(17)21(26)25-19)14-4-6-15(22)7-5-14/h3-10,23H,11H2,1-2H3,(H,24,25,26). The van der Waals surface area contributed by atoms with Gasteiger partial charge in [-0.2, -0.15) is 0 Å². The average Bonchev–Trinajstić information content (AvgIpc) is 3.08. The van der Waals surface area contributed by atoms with Crippen molar-refractivity contribution in [2.45, 2.75) is 20.4 Å². The predicted molar refractivity (Wildman–Crippen MR) is 114 cm³/mol. The first kappa shape index (κ1) is 17.8. The van der Waals surface area contributed by atoms with Crippen molar-refractivity contribution in [3.05, 3.63) is 80.9 Å². The van der Waals surface area contributed by atoms with Gasteiger partial charge in [-0.1, -0.05) is 29.8 Å². The maximum absolute atomic E-state index is 12.5. The van der Waals surface area contributed by atoms with E-state index in [0.717, 1.165) is 16.1 Å². The largest absolute Gasteiger partial charge is 0.378 e. The molecular weight excluding hydrogens is 378 g/mol. The van der Waals surface area contributed by atoms with Crippen LogP contribution in [0.5, 0.6) is 0 Å². The van der Waals surface area contributed by atoms with Crippen molar-refractivity contribution in [2.75, 3.05) is 5.32 Å². The number of benzene rings is 2. The van der Waals surface area contributed by atoms with Crippen molar-refractivity contribution in [1.82, 2.24) is 9.97 Å². The van der Waals surface area contributed by atoms with Crippen molar-refractivity contribution >= 4 is 38.8 Å². The Labute approximate surface area is 165 Å². The zero-order chi connectivity index (χ0) is 19.0. The summed E-state index contributed by atoms with van der Waals surface area (Å²) in [4.78, 5) is 21.0. The molecule has 0 fully saturated rings. The Balaban J connectivity index is 1.62. The lowest BCUT2D eigenvalue weighted by molar-refractivity contribution is 0.955. The smallest absolute Gasteiger partial charge is 0.268 e. The highest BCUT2D eigenvalue weighted by molar-refractivity contribution is 7.22. The molecule has 0 aliphatic carbocycles. The number of aryl methyl sites for hydroxylation is 2. The highest BCUT2D eigenvalue weighted by Crippen LogP contribution is 2.31. The van der Waals surface area contributed by atoms with Crippen LogP contribution in [0.1, 0.15) is 17.0 Å². The monoisotopic (exact) mass is 395 g/mol. The number of anilines is 1. The van der Waals surface area contributed by atoms with E-state index in [-0.39, 0.29) is 5.56 Å². The van der Waals surface area contributed by atoms with Crippen molar-refractivity contribution in [3.8, 4) is 10.4 Å². The van der Waals surface area contributed by atoms with E-state index in [1.165, 1.54) is 22.5 Å². The Kier molecular flexibility index (Phi) is 4.72. The number of hydrogen-bond acceptors (Lipinski definition) is 4. The zero-order valence-corrected chi connectivity index (χ0v) is 16.5. The summed E-state index contributed by atoms with van der Waals surface area (Å²) >= 11 is 7.40. The third-order valence-corrected chi connectivity index (χ3v) is 5.95. The molecule has 0 spiro atoms. The second-order valence-electron chi connectivity index (χ2n) is 6.50. The van der Waals surface area contributed by atoms with Crippen LogP contribution in [-0.4, -0.2) is 9.97 Å². The van der Waals surface area contributed by atoms with Gasteiger partial charge >= 0.3 is 0 Å². The van der Waals surface area contributed by atoms with Gasteiger partial charge in [0.15, 0.2) is 0 Å². The molecule has 0 bridgehead atoms. The molecule has 2 N–H and O–H groups in total. The van der Waals surface area contributed by atoms with Gasteiger partial charge in [-0.3, -0.25) is 4.79 Å². The third kappa shape index (κ3) is 3.75. The van der Waals surface area contributed by atoms with Crippen LogP contribution in [0.2, 0.25) is 5.02 Å². The zero-order valence-electron chi connectivity index (χ0n) is 15.0. The first-order valence-corrected chi connectivity index (χ1v) is 9.79.